The molecule has 0 bridgehead atoms. The lowest BCUT2D eigenvalue weighted by Gasteiger charge is -2.27. The van der Waals surface area contributed by atoms with Crippen molar-refractivity contribution < 1.29 is 17.6 Å². The van der Waals surface area contributed by atoms with Crippen molar-refractivity contribution in [3.63, 3.8) is 0 Å². The summed E-state index contributed by atoms with van der Waals surface area (Å²) < 4.78 is 41.6. The Bertz CT molecular complexity index is 944. The van der Waals surface area contributed by atoms with Crippen molar-refractivity contribution in [1.82, 2.24) is 9.62 Å². The van der Waals surface area contributed by atoms with Gasteiger partial charge in [-0.15, -0.1) is 0 Å². The molecule has 1 amide bonds. The summed E-state index contributed by atoms with van der Waals surface area (Å²) in [6.45, 7) is 3.81. The molecule has 0 aliphatic heterocycles. The second-order valence-electron chi connectivity index (χ2n) is 7.53. The van der Waals surface area contributed by atoms with Crippen LogP contribution in [0.15, 0.2) is 53.4 Å². The van der Waals surface area contributed by atoms with E-state index in [0.717, 1.165) is 17.3 Å². The summed E-state index contributed by atoms with van der Waals surface area (Å²) in [6, 6.07) is 11.8. The molecule has 0 fully saturated rings. The smallest absolute Gasteiger partial charge is 0.244 e. The second-order valence-corrected chi connectivity index (χ2v) is 9.21. The van der Waals surface area contributed by atoms with Gasteiger partial charge in [-0.2, -0.15) is 4.72 Å². The number of nitrogens with one attached hydrogen (secondary N) is 1. The van der Waals surface area contributed by atoms with E-state index in [0.29, 0.717) is 6.54 Å². The molecule has 6 nitrogen and oxygen atoms in total. The molecule has 0 aliphatic carbocycles. The van der Waals surface area contributed by atoms with Gasteiger partial charge in [0.2, 0.25) is 15.9 Å². The molecular weight excluding hydrogens is 393 g/mol. The van der Waals surface area contributed by atoms with E-state index < -0.39 is 26.8 Å². The Morgan fingerprint density at radius 1 is 1.03 bits per heavy atom. The molecule has 0 radical (unpaired) electrons. The Labute approximate surface area is 172 Å². The van der Waals surface area contributed by atoms with E-state index in [1.807, 2.05) is 43.3 Å². The zero-order chi connectivity index (χ0) is 21.8. The Kier molecular flexibility index (Phi) is 7.37. The van der Waals surface area contributed by atoms with Crippen LogP contribution in [0.25, 0.3) is 0 Å². The van der Waals surface area contributed by atoms with Crippen molar-refractivity contribution in [2.45, 2.75) is 31.3 Å². The van der Waals surface area contributed by atoms with Gasteiger partial charge in [-0.05, 0) is 35.7 Å². The average Bonchev–Trinajstić information content (AvgIpc) is 2.66. The SMILES string of the molecule is CC(C)[C@H](NS(=O)(=O)c1ccccc1F)C(=O)N(C)Cc1ccc(N(C)C)cc1. The van der Waals surface area contributed by atoms with E-state index >= 15 is 0 Å². The van der Waals surface area contributed by atoms with Crippen LogP contribution >= 0.6 is 0 Å². The number of carbonyl (C=O) groups is 1. The largest absolute Gasteiger partial charge is 0.378 e. The predicted molar refractivity (Wildman–Crippen MR) is 113 cm³/mol. The maximum atomic E-state index is 14.0. The zero-order valence-corrected chi connectivity index (χ0v) is 18.2. The molecule has 2 aromatic carbocycles. The lowest BCUT2D eigenvalue weighted by molar-refractivity contribution is -0.133. The highest BCUT2D eigenvalue weighted by molar-refractivity contribution is 7.89. The van der Waals surface area contributed by atoms with E-state index in [1.54, 1.807) is 20.9 Å². The molecule has 0 aliphatic rings. The van der Waals surface area contributed by atoms with Gasteiger partial charge in [0.05, 0.1) is 0 Å². The summed E-state index contributed by atoms with van der Waals surface area (Å²) in [5.74, 6) is -1.55. The van der Waals surface area contributed by atoms with E-state index in [4.69, 9.17) is 0 Å². The predicted octanol–water partition coefficient (Wildman–Crippen LogP) is 2.85. The first kappa shape index (κ1) is 22.8. The monoisotopic (exact) mass is 421 g/mol. The van der Waals surface area contributed by atoms with Gasteiger partial charge < -0.3 is 9.80 Å². The lowest BCUT2D eigenvalue weighted by Crippen LogP contribution is -2.50. The Morgan fingerprint density at radius 3 is 2.14 bits per heavy atom. The van der Waals surface area contributed by atoms with Crippen LogP contribution in [-0.2, 0) is 21.4 Å². The van der Waals surface area contributed by atoms with Crippen LogP contribution in [0.3, 0.4) is 0 Å². The van der Waals surface area contributed by atoms with Crippen LogP contribution < -0.4 is 9.62 Å². The molecule has 29 heavy (non-hydrogen) atoms. The molecule has 1 N–H and O–H groups in total. The Morgan fingerprint density at radius 2 is 1.62 bits per heavy atom. The number of hydrogen-bond acceptors (Lipinski definition) is 4. The first-order chi connectivity index (χ1) is 13.5. The van der Waals surface area contributed by atoms with Gasteiger partial charge in [-0.25, -0.2) is 12.8 Å². The summed E-state index contributed by atoms with van der Waals surface area (Å²) in [4.78, 5) is 15.9. The third-order valence-corrected chi connectivity index (χ3v) is 6.06. The van der Waals surface area contributed by atoms with Gasteiger partial charge in [0.15, 0.2) is 0 Å². The zero-order valence-electron chi connectivity index (χ0n) is 17.4. The third kappa shape index (κ3) is 5.77. The van der Waals surface area contributed by atoms with Crippen LogP contribution in [-0.4, -0.2) is 46.4 Å². The van der Waals surface area contributed by atoms with Crippen LogP contribution in [0.5, 0.6) is 0 Å². The summed E-state index contributed by atoms with van der Waals surface area (Å²) in [5, 5.41) is 0. The first-order valence-corrected chi connectivity index (χ1v) is 10.8. The third-order valence-electron chi connectivity index (χ3n) is 4.59. The average molecular weight is 422 g/mol. The van der Waals surface area contributed by atoms with Crippen LogP contribution in [0.2, 0.25) is 0 Å². The number of rotatable bonds is 8. The lowest BCUT2D eigenvalue weighted by atomic mass is 10.0. The Balaban J connectivity index is 2.17. The van der Waals surface area contributed by atoms with Crippen LogP contribution in [0.1, 0.15) is 19.4 Å². The summed E-state index contributed by atoms with van der Waals surface area (Å²) in [7, 11) is 1.33. The maximum Gasteiger partial charge on any atom is 0.244 e. The van der Waals surface area contributed by atoms with Crippen molar-refractivity contribution in [2.24, 2.45) is 5.92 Å². The van der Waals surface area contributed by atoms with Crippen LogP contribution in [0.4, 0.5) is 10.1 Å². The fourth-order valence-corrected chi connectivity index (χ4v) is 4.27. The highest BCUT2D eigenvalue weighted by Gasteiger charge is 2.31. The van der Waals surface area contributed by atoms with E-state index in [-0.39, 0.29) is 11.8 Å². The number of halogens is 1. The standard InChI is InChI=1S/C21H28FN3O3S/c1-15(2)20(23-29(27,28)19-9-7-6-8-18(19)22)21(26)25(5)14-16-10-12-17(13-11-16)24(3)4/h6-13,15,20,23H,14H2,1-5H3/t20-/m0/s1. The molecule has 0 saturated heterocycles. The molecule has 2 aromatic rings. The topological polar surface area (TPSA) is 69.7 Å². The van der Waals surface area contributed by atoms with Crippen molar-refractivity contribution in [2.75, 3.05) is 26.0 Å². The van der Waals surface area contributed by atoms with E-state index in [2.05, 4.69) is 4.72 Å². The molecule has 1 atom stereocenters. The minimum absolute atomic E-state index is 0.317. The molecule has 0 saturated carbocycles. The molecule has 2 rings (SSSR count). The number of hydrogen-bond donors (Lipinski definition) is 1. The summed E-state index contributed by atoms with van der Waals surface area (Å²) in [6.07, 6.45) is 0. The first-order valence-electron chi connectivity index (χ1n) is 9.31. The number of amides is 1. The minimum Gasteiger partial charge on any atom is -0.378 e. The normalized spacial score (nSPS) is 12.7. The molecule has 0 heterocycles. The van der Waals surface area contributed by atoms with E-state index in [1.165, 1.54) is 23.1 Å². The van der Waals surface area contributed by atoms with E-state index in [9.17, 15) is 17.6 Å². The number of sulfonamides is 1. The second kappa shape index (κ2) is 9.37. The summed E-state index contributed by atoms with van der Waals surface area (Å²) >= 11 is 0. The summed E-state index contributed by atoms with van der Waals surface area (Å²) in [5.41, 5.74) is 1.96. The van der Waals surface area contributed by atoms with Gasteiger partial charge in [-0.3, -0.25) is 4.79 Å². The fraction of sp³-hybridized carbons (Fsp3) is 0.381. The molecule has 0 spiro atoms. The van der Waals surface area contributed by atoms with Gasteiger partial charge >= 0.3 is 0 Å². The van der Waals surface area contributed by atoms with Crippen molar-refractivity contribution >= 4 is 21.6 Å². The van der Waals surface area contributed by atoms with Crippen LogP contribution in [0, 0.1) is 11.7 Å². The molecule has 158 valence electrons. The van der Waals surface area contributed by atoms with Gasteiger partial charge in [0, 0.05) is 33.4 Å². The maximum absolute atomic E-state index is 14.0. The quantitative estimate of drug-likeness (QED) is 0.712. The van der Waals surface area contributed by atoms with Gasteiger partial charge in [-0.1, -0.05) is 38.1 Å². The highest BCUT2D eigenvalue weighted by Crippen LogP contribution is 2.18. The minimum atomic E-state index is -4.18. The number of benzene rings is 2. The van der Waals surface area contributed by atoms with Crippen molar-refractivity contribution in [1.29, 1.82) is 0 Å². The van der Waals surface area contributed by atoms with Gasteiger partial charge in [0.25, 0.3) is 0 Å². The molecular formula is C21H28FN3O3S. The molecule has 0 unspecified atom stereocenters. The Hall–Kier alpha value is -2.45. The molecule has 0 aromatic heterocycles. The number of nitrogens with zero attached hydrogens (tertiary/aromatic N) is 2. The van der Waals surface area contributed by atoms with Crippen molar-refractivity contribution in [3.8, 4) is 0 Å². The van der Waals surface area contributed by atoms with Crippen molar-refractivity contribution in [3.05, 3.63) is 59.9 Å². The fourth-order valence-electron chi connectivity index (χ4n) is 2.85. The number of anilines is 1. The van der Waals surface area contributed by atoms with Gasteiger partial charge in [0.1, 0.15) is 16.8 Å². The number of carbonyl (C=O) groups excluding carboxylic acids is 1. The number of likely N-dealkylation sites (N-methyl/N-ethyl adjacent to an activating group) is 1. The highest BCUT2D eigenvalue weighted by atomic mass is 32.2. The molecule has 8 heteroatoms.